The van der Waals surface area contributed by atoms with Gasteiger partial charge < -0.3 is 10.5 Å². The number of nitro groups is 1. The van der Waals surface area contributed by atoms with Gasteiger partial charge in [0.1, 0.15) is 5.75 Å². The highest BCUT2D eigenvalue weighted by molar-refractivity contribution is 5.56. The van der Waals surface area contributed by atoms with Crippen LogP contribution >= 0.6 is 0 Å². The van der Waals surface area contributed by atoms with Crippen LogP contribution in [0.4, 0.5) is 5.69 Å². The summed E-state index contributed by atoms with van der Waals surface area (Å²) >= 11 is 0. The Hall–Kier alpha value is -2.40. The van der Waals surface area contributed by atoms with E-state index < -0.39 is 4.92 Å². The maximum atomic E-state index is 11.2. The fourth-order valence-corrected chi connectivity index (χ4v) is 2.26. The predicted octanol–water partition coefficient (Wildman–Crippen LogP) is 4.02. The van der Waals surface area contributed by atoms with E-state index in [1.165, 1.54) is 6.07 Å². The van der Waals surface area contributed by atoms with Crippen molar-refractivity contribution >= 4 is 5.69 Å². The van der Waals surface area contributed by atoms with E-state index in [1.807, 2.05) is 38.1 Å². The number of rotatable bonds is 4. The van der Waals surface area contributed by atoms with E-state index in [4.69, 9.17) is 10.5 Å². The molecule has 2 aromatic rings. The zero-order valence-electron chi connectivity index (χ0n) is 12.3. The molecule has 0 aromatic heterocycles. The van der Waals surface area contributed by atoms with Gasteiger partial charge in [-0.3, -0.25) is 10.1 Å². The van der Waals surface area contributed by atoms with Crippen LogP contribution in [0.3, 0.4) is 0 Å². The second-order valence-corrected chi connectivity index (χ2v) is 5.12. The molecule has 0 spiro atoms. The van der Waals surface area contributed by atoms with Crippen molar-refractivity contribution in [2.45, 2.75) is 26.8 Å². The van der Waals surface area contributed by atoms with Crippen LogP contribution < -0.4 is 10.5 Å². The Morgan fingerprint density at radius 1 is 1.24 bits per heavy atom. The van der Waals surface area contributed by atoms with Crippen molar-refractivity contribution < 1.29 is 9.66 Å². The first kappa shape index (κ1) is 15.0. The Morgan fingerprint density at radius 2 is 1.90 bits per heavy atom. The number of nitro benzene ring substituents is 1. The Balaban J connectivity index is 2.52. The molecule has 2 N–H and O–H groups in total. The van der Waals surface area contributed by atoms with Crippen LogP contribution in [0.1, 0.15) is 29.7 Å². The summed E-state index contributed by atoms with van der Waals surface area (Å²) in [4.78, 5) is 10.8. The van der Waals surface area contributed by atoms with E-state index in [-0.39, 0.29) is 17.5 Å². The number of ether oxygens (including phenoxy) is 1. The molecule has 0 fully saturated rings. The molecule has 0 aliphatic rings. The van der Waals surface area contributed by atoms with Crippen LogP contribution in [0.2, 0.25) is 0 Å². The van der Waals surface area contributed by atoms with Crippen molar-refractivity contribution in [3.05, 3.63) is 63.2 Å². The monoisotopic (exact) mass is 286 g/mol. The molecule has 1 atom stereocenters. The summed E-state index contributed by atoms with van der Waals surface area (Å²) in [6.45, 7) is 5.46. The smallest absolute Gasteiger partial charge is 0.312 e. The molecule has 0 bridgehead atoms. The summed E-state index contributed by atoms with van der Waals surface area (Å²) in [5, 5.41) is 11.2. The number of hydrogen-bond acceptors (Lipinski definition) is 4. The van der Waals surface area contributed by atoms with Crippen LogP contribution in [0.15, 0.2) is 36.4 Å². The highest BCUT2D eigenvalue weighted by atomic mass is 16.6. The molecule has 2 aromatic carbocycles. The first-order chi connectivity index (χ1) is 9.90. The lowest BCUT2D eigenvalue weighted by atomic mass is 10.1. The third-order valence-corrected chi connectivity index (χ3v) is 3.22. The minimum atomic E-state index is -0.427. The topological polar surface area (TPSA) is 78.4 Å². The van der Waals surface area contributed by atoms with Gasteiger partial charge in [0.05, 0.1) is 4.92 Å². The SMILES string of the molecule is Cc1cc(C)c(Oc2ccccc2[C@@H](C)N)c([N+](=O)[O-])c1. The highest BCUT2D eigenvalue weighted by Gasteiger charge is 2.20. The molecule has 110 valence electrons. The fourth-order valence-electron chi connectivity index (χ4n) is 2.26. The number of benzene rings is 2. The van der Waals surface area contributed by atoms with Crippen LogP contribution in [-0.2, 0) is 0 Å². The normalized spacial score (nSPS) is 12.0. The van der Waals surface area contributed by atoms with Crippen molar-refractivity contribution in [1.29, 1.82) is 0 Å². The van der Waals surface area contributed by atoms with Gasteiger partial charge in [-0.25, -0.2) is 0 Å². The van der Waals surface area contributed by atoms with Gasteiger partial charge >= 0.3 is 5.69 Å². The van der Waals surface area contributed by atoms with Gasteiger partial charge in [-0.15, -0.1) is 0 Å². The predicted molar refractivity (Wildman–Crippen MR) is 81.7 cm³/mol. The van der Waals surface area contributed by atoms with Crippen molar-refractivity contribution in [2.75, 3.05) is 0 Å². The van der Waals surface area contributed by atoms with Gasteiger partial charge in [0, 0.05) is 17.7 Å². The largest absolute Gasteiger partial charge is 0.449 e. The number of hydrogen-bond donors (Lipinski definition) is 1. The molecular formula is C16H18N2O3. The summed E-state index contributed by atoms with van der Waals surface area (Å²) in [6.07, 6.45) is 0. The molecule has 0 saturated carbocycles. The van der Waals surface area contributed by atoms with Gasteiger partial charge in [-0.05, 0) is 38.0 Å². The van der Waals surface area contributed by atoms with Gasteiger partial charge in [0.2, 0.25) is 5.75 Å². The molecule has 0 aliphatic heterocycles. The maximum Gasteiger partial charge on any atom is 0.312 e. The summed E-state index contributed by atoms with van der Waals surface area (Å²) in [5.41, 5.74) is 8.24. The van der Waals surface area contributed by atoms with Crippen LogP contribution in [0.25, 0.3) is 0 Å². The molecule has 2 rings (SSSR count). The molecule has 21 heavy (non-hydrogen) atoms. The van der Waals surface area contributed by atoms with Crippen molar-refractivity contribution in [3.63, 3.8) is 0 Å². The Morgan fingerprint density at radius 3 is 2.52 bits per heavy atom. The molecule has 5 nitrogen and oxygen atoms in total. The van der Waals surface area contributed by atoms with E-state index >= 15 is 0 Å². The molecule has 0 unspecified atom stereocenters. The van der Waals surface area contributed by atoms with E-state index in [2.05, 4.69) is 0 Å². The number of aryl methyl sites for hydroxylation is 2. The van der Waals surface area contributed by atoms with Crippen molar-refractivity contribution in [1.82, 2.24) is 0 Å². The molecule has 0 heterocycles. The lowest BCUT2D eigenvalue weighted by molar-refractivity contribution is -0.385. The average molecular weight is 286 g/mol. The first-order valence-electron chi connectivity index (χ1n) is 6.68. The minimum Gasteiger partial charge on any atom is -0.449 e. The number of nitrogens with zero attached hydrogens (tertiary/aromatic N) is 1. The molecule has 0 saturated heterocycles. The summed E-state index contributed by atoms with van der Waals surface area (Å²) < 4.78 is 5.83. The highest BCUT2D eigenvalue weighted by Crippen LogP contribution is 2.37. The molecule has 0 amide bonds. The van der Waals surface area contributed by atoms with Gasteiger partial charge in [-0.1, -0.05) is 24.3 Å². The Labute approximate surface area is 123 Å². The zero-order chi connectivity index (χ0) is 15.6. The molecule has 0 radical (unpaired) electrons. The van der Waals surface area contributed by atoms with Crippen molar-refractivity contribution in [3.8, 4) is 11.5 Å². The summed E-state index contributed by atoms with van der Waals surface area (Å²) in [6, 6.07) is 10.5. The molecular weight excluding hydrogens is 268 g/mol. The first-order valence-corrected chi connectivity index (χ1v) is 6.68. The van der Waals surface area contributed by atoms with Crippen LogP contribution in [0, 0.1) is 24.0 Å². The van der Waals surface area contributed by atoms with E-state index in [9.17, 15) is 10.1 Å². The van der Waals surface area contributed by atoms with E-state index in [0.29, 0.717) is 5.75 Å². The van der Waals surface area contributed by atoms with Gasteiger partial charge in [0.15, 0.2) is 0 Å². The number of nitrogens with two attached hydrogens (primary N) is 1. The molecule has 5 heteroatoms. The minimum absolute atomic E-state index is 0.0352. The fraction of sp³-hybridized carbons (Fsp3) is 0.250. The maximum absolute atomic E-state index is 11.2. The summed E-state index contributed by atoms with van der Waals surface area (Å²) in [7, 11) is 0. The third kappa shape index (κ3) is 3.20. The lowest BCUT2D eigenvalue weighted by Gasteiger charge is -2.15. The zero-order valence-corrected chi connectivity index (χ0v) is 12.3. The second-order valence-electron chi connectivity index (χ2n) is 5.12. The quantitative estimate of drug-likeness (QED) is 0.680. The Bertz CT molecular complexity index is 681. The lowest BCUT2D eigenvalue weighted by Crippen LogP contribution is -2.07. The van der Waals surface area contributed by atoms with Crippen molar-refractivity contribution in [2.24, 2.45) is 5.73 Å². The second kappa shape index (κ2) is 5.93. The average Bonchev–Trinajstić information content (AvgIpc) is 2.41. The van der Waals surface area contributed by atoms with Gasteiger partial charge in [0.25, 0.3) is 0 Å². The van der Waals surface area contributed by atoms with Crippen LogP contribution in [0.5, 0.6) is 11.5 Å². The van der Waals surface area contributed by atoms with E-state index in [0.717, 1.165) is 16.7 Å². The van der Waals surface area contributed by atoms with Gasteiger partial charge in [-0.2, -0.15) is 0 Å². The standard InChI is InChI=1S/C16H18N2O3/c1-10-8-11(2)16(14(9-10)18(19)20)21-15-7-5-4-6-13(15)12(3)17/h4-9,12H,17H2,1-3H3/t12-/m1/s1. The third-order valence-electron chi connectivity index (χ3n) is 3.22. The summed E-state index contributed by atoms with van der Waals surface area (Å²) in [5.74, 6) is 0.807. The number of para-hydroxylation sites is 1. The van der Waals surface area contributed by atoms with E-state index in [1.54, 1.807) is 13.0 Å². The molecule has 0 aliphatic carbocycles. The Kier molecular flexibility index (Phi) is 4.23. The van der Waals surface area contributed by atoms with Crippen LogP contribution in [-0.4, -0.2) is 4.92 Å².